The fourth-order valence-electron chi connectivity index (χ4n) is 6.67. The van der Waals surface area contributed by atoms with Gasteiger partial charge in [0.2, 0.25) is 0 Å². The highest BCUT2D eigenvalue weighted by Gasteiger charge is 2.32. The van der Waals surface area contributed by atoms with E-state index in [0.717, 1.165) is 79.6 Å². The van der Waals surface area contributed by atoms with Crippen molar-refractivity contribution < 1.29 is 23.9 Å². The van der Waals surface area contributed by atoms with Crippen molar-refractivity contribution in [2.24, 2.45) is 4.99 Å². The molecule has 0 aliphatic carbocycles. The number of fused-ring (bicyclic) bond motifs is 1. The van der Waals surface area contributed by atoms with E-state index in [9.17, 15) is 14.4 Å². The zero-order valence-corrected chi connectivity index (χ0v) is 30.6. The van der Waals surface area contributed by atoms with Crippen molar-refractivity contribution in [3.8, 4) is 0 Å². The first kappa shape index (κ1) is 37.4. The number of hydrogen-bond donors (Lipinski definition) is 5. The van der Waals surface area contributed by atoms with Gasteiger partial charge in [0, 0.05) is 49.8 Å². The Morgan fingerprint density at radius 2 is 1.73 bits per heavy atom. The van der Waals surface area contributed by atoms with Gasteiger partial charge in [-0.1, -0.05) is 43.3 Å². The van der Waals surface area contributed by atoms with Crippen LogP contribution in [0.5, 0.6) is 0 Å². The first-order chi connectivity index (χ1) is 24.5. The van der Waals surface area contributed by atoms with Gasteiger partial charge in [0.25, 0.3) is 0 Å². The summed E-state index contributed by atoms with van der Waals surface area (Å²) in [6, 6.07) is 11.1. The van der Waals surface area contributed by atoms with E-state index in [-0.39, 0.29) is 19.6 Å². The summed E-state index contributed by atoms with van der Waals surface area (Å²) < 4.78 is 10.9. The second-order valence-electron chi connectivity index (χ2n) is 14.1. The molecule has 1 aromatic carbocycles. The number of aryl methyl sites for hydroxylation is 1. The molecule has 13 heteroatoms. The maximum Gasteiger partial charge on any atom is 0.331 e. The number of urea groups is 1. The predicted octanol–water partition coefficient (Wildman–Crippen LogP) is 3.97. The Balaban J connectivity index is 1.24. The van der Waals surface area contributed by atoms with Crippen LogP contribution in [-0.4, -0.2) is 90.8 Å². The van der Waals surface area contributed by atoms with Crippen molar-refractivity contribution in [3.63, 3.8) is 0 Å². The number of piperidine rings is 1. The highest BCUT2D eigenvalue weighted by molar-refractivity contribution is 5.99. The molecule has 1 aromatic heterocycles. The summed E-state index contributed by atoms with van der Waals surface area (Å²) in [6.07, 6.45) is 5.13. The minimum atomic E-state index is -1.06. The van der Waals surface area contributed by atoms with Gasteiger partial charge in [-0.25, -0.2) is 24.4 Å². The molecular weight excluding hydrogens is 648 g/mol. The van der Waals surface area contributed by atoms with Gasteiger partial charge >= 0.3 is 18.0 Å². The first-order valence-electron chi connectivity index (χ1n) is 18.3. The van der Waals surface area contributed by atoms with Gasteiger partial charge in [-0.05, 0) is 77.0 Å². The van der Waals surface area contributed by atoms with Crippen LogP contribution >= 0.6 is 0 Å². The van der Waals surface area contributed by atoms with Crippen molar-refractivity contribution in [2.45, 2.75) is 96.7 Å². The molecular formula is C38H54N8O5. The van der Waals surface area contributed by atoms with Crippen LogP contribution in [0.4, 0.5) is 10.6 Å². The molecule has 0 spiro atoms. The Morgan fingerprint density at radius 3 is 2.43 bits per heavy atom. The maximum atomic E-state index is 13.4. The van der Waals surface area contributed by atoms with E-state index in [1.807, 2.05) is 30.3 Å². The molecule has 4 heterocycles. The van der Waals surface area contributed by atoms with E-state index in [2.05, 4.69) is 50.5 Å². The number of anilines is 1. The number of amides is 2. The van der Waals surface area contributed by atoms with Gasteiger partial charge in [-0.15, -0.1) is 0 Å². The maximum absolute atomic E-state index is 13.4. The molecule has 5 rings (SSSR count). The Bertz CT molecular complexity index is 1580. The van der Waals surface area contributed by atoms with Crippen LogP contribution in [-0.2, 0) is 31.9 Å². The summed E-state index contributed by atoms with van der Waals surface area (Å²) in [6.45, 7) is 12.4. The monoisotopic (exact) mass is 702 g/mol. The third-order valence-electron chi connectivity index (χ3n) is 9.18. The van der Waals surface area contributed by atoms with Crippen molar-refractivity contribution in [2.75, 3.05) is 44.8 Å². The molecule has 276 valence electrons. The zero-order valence-electron chi connectivity index (χ0n) is 30.6. The largest absolute Gasteiger partial charge is 0.464 e. The van der Waals surface area contributed by atoms with Crippen LogP contribution in [0.3, 0.4) is 0 Å². The third-order valence-corrected chi connectivity index (χ3v) is 9.18. The highest BCUT2D eigenvalue weighted by atomic mass is 16.6. The molecule has 3 aliphatic rings. The molecule has 51 heavy (non-hydrogen) atoms. The van der Waals surface area contributed by atoms with Crippen LogP contribution < -0.4 is 26.6 Å². The number of aliphatic imine (C=N–C) groups is 1. The number of aromatic nitrogens is 1. The van der Waals surface area contributed by atoms with Gasteiger partial charge in [-0.3, -0.25) is 0 Å². The molecule has 5 N–H and O–H groups in total. The average molecular weight is 703 g/mol. The quantitative estimate of drug-likeness (QED) is 0.205. The summed E-state index contributed by atoms with van der Waals surface area (Å²) in [4.78, 5) is 51.7. The smallest absolute Gasteiger partial charge is 0.331 e. The number of carbonyl (C=O) groups is 3. The van der Waals surface area contributed by atoms with Crippen LogP contribution in [0.15, 0.2) is 58.9 Å². The molecule has 2 atom stereocenters. The molecule has 2 amide bonds. The lowest BCUT2D eigenvalue weighted by atomic mass is 9.91. The van der Waals surface area contributed by atoms with Crippen molar-refractivity contribution >= 4 is 29.6 Å². The molecule has 1 saturated heterocycles. The number of likely N-dealkylation sites (tertiary alicyclic amines) is 1. The SMILES string of the molecule is CCOC(=O)C(Cc1ccccc1)NC(=O)N[C@@H](CNC1=C(CC)C(N2CCC(c3ccc4c(n3)NCCC4)CC2)=NCN1)C(=O)OC(C)(C)C. The predicted molar refractivity (Wildman–Crippen MR) is 197 cm³/mol. The molecule has 2 aromatic rings. The van der Waals surface area contributed by atoms with E-state index in [4.69, 9.17) is 19.5 Å². The molecule has 0 bridgehead atoms. The number of esters is 2. The number of hydrogen-bond acceptors (Lipinski definition) is 11. The van der Waals surface area contributed by atoms with Crippen LogP contribution in [0.25, 0.3) is 0 Å². The van der Waals surface area contributed by atoms with Gasteiger partial charge in [-0.2, -0.15) is 0 Å². The highest BCUT2D eigenvalue weighted by Crippen LogP contribution is 2.31. The number of pyridine rings is 1. The number of carbonyl (C=O) groups excluding carboxylic acids is 3. The van der Waals surface area contributed by atoms with E-state index >= 15 is 0 Å². The lowest BCUT2D eigenvalue weighted by molar-refractivity contribution is -0.157. The molecule has 1 fully saturated rings. The molecule has 1 unspecified atom stereocenters. The Labute approximate surface area is 301 Å². The lowest BCUT2D eigenvalue weighted by Gasteiger charge is -2.37. The minimum Gasteiger partial charge on any atom is -0.464 e. The number of nitrogens with zero attached hydrogens (tertiary/aromatic N) is 3. The second-order valence-corrected chi connectivity index (χ2v) is 14.1. The number of amidine groups is 1. The van der Waals surface area contributed by atoms with Gasteiger partial charge in [0.1, 0.15) is 41.8 Å². The summed E-state index contributed by atoms with van der Waals surface area (Å²) in [7, 11) is 0. The minimum absolute atomic E-state index is 0.0459. The fraction of sp³-hybridized carbons (Fsp3) is 0.553. The van der Waals surface area contributed by atoms with Crippen molar-refractivity contribution in [3.05, 3.63) is 70.7 Å². The second kappa shape index (κ2) is 17.4. The van der Waals surface area contributed by atoms with Gasteiger partial charge < -0.3 is 41.0 Å². The average Bonchev–Trinajstić information content (AvgIpc) is 3.12. The summed E-state index contributed by atoms with van der Waals surface area (Å²) in [5, 5.41) is 15.6. The Kier molecular flexibility index (Phi) is 12.8. The molecule has 3 aliphatic heterocycles. The number of ether oxygens (including phenoxy) is 2. The Hall–Kier alpha value is -4.81. The van der Waals surface area contributed by atoms with E-state index in [0.29, 0.717) is 19.0 Å². The first-order valence-corrected chi connectivity index (χ1v) is 18.3. The standard InChI is InChI=1S/C38H54N8O5/c1-6-28-33(41-24-42-34(28)46-20-17-26(18-21-46)29-16-15-27-14-11-19-39-32(27)43-29)40-23-31(36(48)51-38(3,4)5)45-37(49)44-30(35(47)50-7-2)22-25-12-9-8-10-13-25/h8-10,12-13,15-16,26,30-31,40-41H,6-7,11,14,17-24H2,1-5H3,(H,39,43)(H2,44,45,49)/t30?,31-/m0/s1. The van der Waals surface area contributed by atoms with E-state index in [1.54, 1.807) is 27.7 Å². The topological polar surface area (TPSA) is 158 Å². The van der Waals surface area contributed by atoms with Gasteiger partial charge in [0.15, 0.2) is 0 Å². The van der Waals surface area contributed by atoms with Crippen LogP contribution in [0.1, 0.15) is 83.0 Å². The summed E-state index contributed by atoms with van der Waals surface area (Å²) >= 11 is 0. The normalized spacial score (nSPS) is 17.5. The van der Waals surface area contributed by atoms with E-state index in [1.165, 1.54) is 5.56 Å². The van der Waals surface area contributed by atoms with Crippen molar-refractivity contribution in [1.82, 2.24) is 31.2 Å². The fourth-order valence-corrected chi connectivity index (χ4v) is 6.67. The van der Waals surface area contributed by atoms with Crippen LogP contribution in [0.2, 0.25) is 0 Å². The molecule has 13 nitrogen and oxygen atoms in total. The third kappa shape index (κ3) is 10.4. The molecule has 0 radical (unpaired) electrons. The van der Waals surface area contributed by atoms with Gasteiger partial charge in [0.05, 0.1) is 6.61 Å². The van der Waals surface area contributed by atoms with E-state index < -0.39 is 35.7 Å². The number of rotatable bonds is 12. The molecule has 0 saturated carbocycles. The Morgan fingerprint density at radius 1 is 0.980 bits per heavy atom. The summed E-state index contributed by atoms with van der Waals surface area (Å²) in [5.74, 6) is 1.98. The zero-order chi connectivity index (χ0) is 36.4. The summed E-state index contributed by atoms with van der Waals surface area (Å²) in [5.41, 5.74) is 3.55. The lowest BCUT2D eigenvalue weighted by Crippen LogP contribution is -2.56. The van der Waals surface area contributed by atoms with Crippen LogP contribution in [0, 0.1) is 0 Å². The number of nitrogens with one attached hydrogen (secondary N) is 5. The number of benzene rings is 1. The van der Waals surface area contributed by atoms with Crippen molar-refractivity contribution in [1.29, 1.82) is 0 Å².